The molecule has 0 saturated carbocycles. The number of hydrogen-bond acceptors (Lipinski definition) is 6. The van der Waals surface area contributed by atoms with E-state index < -0.39 is 6.10 Å². The highest BCUT2D eigenvalue weighted by Crippen LogP contribution is 2.20. The molecule has 0 rings (SSSR count). The minimum Gasteiger partial charge on any atom is -0.462 e. The Hall–Kier alpha value is -1.59. The third-order valence-corrected chi connectivity index (χ3v) is 17.6. The molecule has 0 amide bonds. The summed E-state index contributed by atoms with van der Waals surface area (Å²) in [4.78, 5) is 38.4. The van der Waals surface area contributed by atoms with E-state index >= 15 is 0 Å². The van der Waals surface area contributed by atoms with E-state index in [0.29, 0.717) is 19.3 Å². The fourth-order valence-corrected chi connectivity index (χ4v) is 12.0. The fourth-order valence-electron chi connectivity index (χ4n) is 12.0. The smallest absolute Gasteiger partial charge is 0.306 e. The van der Waals surface area contributed by atoms with E-state index in [4.69, 9.17) is 14.2 Å². The van der Waals surface area contributed by atoms with Crippen LogP contribution in [0.15, 0.2) is 0 Å². The molecule has 0 aromatic heterocycles. The SMILES string of the molecule is CCCCCCCCCCCCCCCCCCCCCCCCCCCCCC(=O)OCC(COC(=O)CCCCCCCCCCCC)OC(=O)CCCCCCCCCCCCCCCCCCCCCCCCCCCC. The van der Waals surface area contributed by atoms with Gasteiger partial charge >= 0.3 is 17.9 Å². The monoisotopic (exact) mass is 1140 g/mol. The summed E-state index contributed by atoms with van der Waals surface area (Å²) < 4.78 is 17.0. The Morgan fingerprint density at radius 2 is 0.333 bits per heavy atom. The lowest BCUT2D eigenvalue weighted by molar-refractivity contribution is -0.167. The van der Waals surface area contributed by atoms with Crippen molar-refractivity contribution < 1.29 is 28.6 Å². The lowest BCUT2D eigenvalue weighted by atomic mass is 10.0. The predicted molar refractivity (Wildman–Crippen MR) is 354 cm³/mol. The van der Waals surface area contributed by atoms with Crippen LogP contribution in [-0.4, -0.2) is 37.2 Å². The van der Waals surface area contributed by atoms with Crippen LogP contribution in [0.1, 0.15) is 445 Å². The van der Waals surface area contributed by atoms with Gasteiger partial charge < -0.3 is 14.2 Å². The van der Waals surface area contributed by atoms with Gasteiger partial charge in [-0.25, -0.2) is 0 Å². The standard InChI is InChI=1S/C75H146O6/c1-4-7-10-13-16-19-22-24-26-28-30-32-34-36-38-40-41-43-45-47-49-51-53-56-59-62-65-68-74(77)80-71-72(70-79-73(76)67-64-61-58-55-21-18-15-12-9-6-3)81-75(78)69-66-63-60-57-54-52-50-48-46-44-42-39-37-35-33-31-29-27-25-23-20-17-14-11-8-5-2/h72H,4-71H2,1-3H3. The van der Waals surface area contributed by atoms with E-state index in [1.54, 1.807) is 0 Å². The summed E-state index contributed by atoms with van der Waals surface area (Å²) in [5.41, 5.74) is 0. The van der Waals surface area contributed by atoms with Crippen LogP contribution in [0.3, 0.4) is 0 Å². The summed E-state index contributed by atoms with van der Waals surface area (Å²) in [5, 5.41) is 0. The van der Waals surface area contributed by atoms with Crippen LogP contribution in [0.25, 0.3) is 0 Å². The van der Waals surface area contributed by atoms with E-state index in [9.17, 15) is 14.4 Å². The van der Waals surface area contributed by atoms with Crippen LogP contribution in [0.4, 0.5) is 0 Å². The van der Waals surface area contributed by atoms with Gasteiger partial charge in [0.1, 0.15) is 13.2 Å². The Balaban J connectivity index is 4.07. The van der Waals surface area contributed by atoms with Crippen molar-refractivity contribution in [3.63, 3.8) is 0 Å². The van der Waals surface area contributed by atoms with Gasteiger partial charge in [0, 0.05) is 19.3 Å². The number of carbonyl (C=O) groups excluding carboxylic acids is 3. The molecule has 0 radical (unpaired) electrons. The van der Waals surface area contributed by atoms with Crippen molar-refractivity contribution in [1.29, 1.82) is 0 Å². The summed E-state index contributed by atoms with van der Waals surface area (Å²) in [7, 11) is 0. The van der Waals surface area contributed by atoms with Crippen molar-refractivity contribution in [3.8, 4) is 0 Å². The molecule has 6 nitrogen and oxygen atoms in total. The molecule has 6 heteroatoms. The first-order valence-corrected chi connectivity index (χ1v) is 37.5. The van der Waals surface area contributed by atoms with Gasteiger partial charge in [-0.2, -0.15) is 0 Å². The zero-order valence-corrected chi connectivity index (χ0v) is 55.6. The second-order valence-corrected chi connectivity index (χ2v) is 25.9. The minimum atomic E-state index is -0.763. The molecule has 0 aliphatic heterocycles. The fraction of sp³-hybridized carbons (Fsp3) is 0.960. The Labute approximate surface area is 508 Å². The van der Waals surface area contributed by atoms with Crippen LogP contribution >= 0.6 is 0 Å². The lowest BCUT2D eigenvalue weighted by Gasteiger charge is -2.18. The summed E-state index contributed by atoms with van der Waals surface area (Å²) in [6.45, 7) is 6.73. The molecule has 1 unspecified atom stereocenters. The highest BCUT2D eigenvalue weighted by molar-refractivity contribution is 5.71. The molecular formula is C75H146O6. The second kappa shape index (κ2) is 70.9. The van der Waals surface area contributed by atoms with Crippen LogP contribution in [0, 0.1) is 0 Å². The van der Waals surface area contributed by atoms with E-state index in [1.165, 1.54) is 347 Å². The molecule has 0 spiro atoms. The number of unbranched alkanes of at least 4 members (excludes halogenated alkanes) is 60. The van der Waals surface area contributed by atoms with Gasteiger partial charge in [0.05, 0.1) is 0 Å². The minimum absolute atomic E-state index is 0.0604. The predicted octanol–water partition coefficient (Wildman–Crippen LogP) is 25.8. The topological polar surface area (TPSA) is 78.9 Å². The van der Waals surface area contributed by atoms with Crippen LogP contribution < -0.4 is 0 Å². The van der Waals surface area contributed by atoms with Gasteiger partial charge in [0.15, 0.2) is 6.10 Å². The average molecular weight is 1140 g/mol. The van der Waals surface area contributed by atoms with Gasteiger partial charge in [-0.3, -0.25) is 14.4 Å². The summed E-state index contributed by atoms with van der Waals surface area (Å²) in [6.07, 6.45) is 84.5. The van der Waals surface area contributed by atoms with E-state index in [0.717, 1.165) is 57.8 Å². The Bertz CT molecular complexity index is 1220. The maximum atomic E-state index is 12.9. The molecule has 0 aromatic carbocycles. The molecule has 0 bridgehead atoms. The van der Waals surface area contributed by atoms with Gasteiger partial charge in [0.25, 0.3) is 0 Å². The summed E-state index contributed by atoms with van der Waals surface area (Å²) in [5.74, 6) is -0.822. The normalized spacial score (nSPS) is 11.9. The number of esters is 3. The van der Waals surface area contributed by atoms with Crippen molar-refractivity contribution in [2.45, 2.75) is 451 Å². The maximum Gasteiger partial charge on any atom is 0.306 e. The molecular weight excluding hydrogens is 997 g/mol. The molecule has 0 saturated heterocycles. The van der Waals surface area contributed by atoms with Gasteiger partial charge in [-0.1, -0.05) is 406 Å². The zero-order chi connectivity index (χ0) is 58.5. The van der Waals surface area contributed by atoms with Gasteiger partial charge in [-0.05, 0) is 19.3 Å². The largest absolute Gasteiger partial charge is 0.462 e. The van der Waals surface area contributed by atoms with Gasteiger partial charge in [0.2, 0.25) is 0 Å². The molecule has 0 aliphatic carbocycles. The quantitative estimate of drug-likeness (QED) is 0.0343. The number of rotatable bonds is 71. The lowest BCUT2D eigenvalue weighted by Crippen LogP contribution is -2.30. The highest BCUT2D eigenvalue weighted by atomic mass is 16.6. The van der Waals surface area contributed by atoms with Crippen molar-refractivity contribution in [3.05, 3.63) is 0 Å². The molecule has 81 heavy (non-hydrogen) atoms. The summed E-state index contributed by atoms with van der Waals surface area (Å²) >= 11 is 0. The third-order valence-electron chi connectivity index (χ3n) is 17.6. The highest BCUT2D eigenvalue weighted by Gasteiger charge is 2.20. The van der Waals surface area contributed by atoms with E-state index in [-0.39, 0.29) is 31.1 Å². The van der Waals surface area contributed by atoms with E-state index in [1.807, 2.05) is 0 Å². The summed E-state index contributed by atoms with van der Waals surface area (Å²) in [6, 6.07) is 0. The van der Waals surface area contributed by atoms with Gasteiger partial charge in [-0.15, -0.1) is 0 Å². The Kier molecular flexibility index (Phi) is 69.5. The molecule has 0 fully saturated rings. The first kappa shape index (κ1) is 79.4. The van der Waals surface area contributed by atoms with Crippen molar-refractivity contribution in [2.75, 3.05) is 13.2 Å². The Morgan fingerprint density at radius 3 is 0.494 bits per heavy atom. The first-order valence-electron chi connectivity index (χ1n) is 37.5. The van der Waals surface area contributed by atoms with E-state index in [2.05, 4.69) is 20.8 Å². The van der Waals surface area contributed by atoms with Crippen molar-refractivity contribution in [1.82, 2.24) is 0 Å². The average Bonchev–Trinajstić information content (AvgIpc) is 3.47. The molecule has 0 heterocycles. The molecule has 0 aromatic rings. The number of hydrogen-bond donors (Lipinski definition) is 0. The Morgan fingerprint density at radius 1 is 0.198 bits per heavy atom. The third kappa shape index (κ3) is 69.1. The van der Waals surface area contributed by atoms with Crippen LogP contribution in [0.5, 0.6) is 0 Å². The maximum absolute atomic E-state index is 12.9. The van der Waals surface area contributed by atoms with Crippen molar-refractivity contribution >= 4 is 17.9 Å². The zero-order valence-electron chi connectivity index (χ0n) is 55.6. The first-order chi connectivity index (χ1) is 40.0. The molecule has 0 N–H and O–H groups in total. The molecule has 482 valence electrons. The number of ether oxygens (including phenoxy) is 3. The van der Waals surface area contributed by atoms with Crippen LogP contribution in [0.2, 0.25) is 0 Å². The van der Waals surface area contributed by atoms with Crippen molar-refractivity contribution in [2.24, 2.45) is 0 Å². The molecule has 0 aliphatic rings. The second-order valence-electron chi connectivity index (χ2n) is 25.9. The molecule has 1 atom stereocenters. The van der Waals surface area contributed by atoms with Crippen LogP contribution in [-0.2, 0) is 28.6 Å². The number of carbonyl (C=O) groups is 3.